The minimum absolute atomic E-state index is 0.107. The van der Waals surface area contributed by atoms with Crippen molar-refractivity contribution in [1.29, 1.82) is 0 Å². The number of benzene rings is 3. The molecule has 0 aliphatic carbocycles. The lowest BCUT2D eigenvalue weighted by Gasteiger charge is -2.12. The van der Waals surface area contributed by atoms with Crippen LogP contribution in [0, 0.1) is 6.92 Å². The van der Waals surface area contributed by atoms with E-state index in [0.717, 1.165) is 11.1 Å². The van der Waals surface area contributed by atoms with Crippen molar-refractivity contribution in [3.05, 3.63) is 105 Å². The highest BCUT2D eigenvalue weighted by Crippen LogP contribution is 2.30. The van der Waals surface area contributed by atoms with Crippen LogP contribution in [0.25, 0.3) is 17.0 Å². The predicted molar refractivity (Wildman–Crippen MR) is 154 cm³/mol. The second-order valence-corrected chi connectivity index (χ2v) is 9.13. The quantitative estimate of drug-likeness (QED) is 0.0844. The second kappa shape index (κ2) is 14.0. The molecule has 0 saturated carbocycles. The molecular weight excluding hydrogens is 526 g/mol. The summed E-state index contributed by atoms with van der Waals surface area (Å²) in [6.45, 7) is 3.29. The third kappa shape index (κ3) is 7.83. The number of hydrogen-bond acceptors (Lipinski definition) is 8. The summed E-state index contributed by atoms with van der Waals surface area (Å²) < 4.78 is 27.0. The van der Waals surface area contributed by atoms with Crippen LogP contribution in [0.5, 0.6) is 17.2 Å². The Hall–Kier alpha value is -4.89. The van der Waals surface area contributed by atoms with Gasteiger partial charge in [0.25, 0.3) is 5.91 Å². The van der Waals surface area contributed by atoms with Crippen molar-refractivity contribution in [3.63, 3.8) is 0 Å². The van der Waals surface area contributed by atoms with E-state index >= 15 is 0 Å². The number of methoxy groups -OCH3 is 2. The summed E-state index contributed by atoms with van der Waals surface area (Å²) in [6, 6.07) is 19.3. The summed E-state index contributed by atoms with van der Waals surface area (Å²) in [5.41, 5.74) is 2.22. The van der Waals surface area contributed by atoms with Crippen LogP contribution in [0.2, 0.25) is 0 Å². The van der Waals surface area contributed by atoms with E-state index in [1.54, 1.807) is 50.6 Å². The molecule has 1 aromatic heterocycles. The SMILES string of the molecule is COCCCNC(=O)c1cc2ccc(OC(=O)/C=C/c3ccc(OCc4ccccc4C)c(OC)c3)cc2oc1=O. The van der Waals surface area contributed by atoms with Gasteiger partial charge >= 0.3 is 11.6 Å². The van der Waals surface area contributed by atoms with Crippen LogP contribution in [-0.2, 0) is 16.1 Å². The maximum absolute atomic E-state index is 12.5. The van der Waals surface area contributed by atoms with Crippen molar-refractivity contribution in [3.8, 4) is 17.2 Å². The summed E-state index contributed by atoms with van der Waals surface area (Å²) in [4.78, 5) is 37.2. The summed E-state index contributed by atoms with van der Waals surface area (Å²) >= 11 is 0. The van der Waals surface area contributed by atoms with Gasteiger partial charge in [-0.2, -0.15) is 0 Å². The molecule has 41 heavy (non-hydrogen) atoms. The van der Waals surface area contributed by atoms with E-state index in [0.29, 0.717) is 48.6 Å². The molecule has 1 heterocycles. The first-order valence-corrected chi connectivity index (χ1v) is 13.0. The summed E-state index contributed by atoms with van der Waals surface area (Å²) in [5.74, 6) is 0.142. The van der Waals surface area contributed by atoms with E-state index < -0.39 is 17.5 Å². The zero-order chi connectivity index (χ0) is 29.2. The molecule has 0 spiro atoms. The Bertz CT molecular complexity index is 1620. The molecule has 3 aromatic carbocycles. The summed E-state index contributed by atoms with van der Waals surface area (Å²) in [7, 11) is 3.12. The monoisotopic (exact) mass is 557 g/mol. The van der Waals surface area contributed by atoms with Crippen LogP contribution in [0.1, 0.15) is 33.5 Å². The molecule has 4 aromatic rings. The summed E-state index contributed by atoms with van der Waals surface area (Å²) in [5, 5.41) is 3.17. The number of fused-ring (bicyclic) bond motifs is 1. The van der Waals surface area contributed by atoms with Crippen LogP contribution < -0.4 is 25.2 Å². The van der Waals surface area contributed by atoms with Crippen LogP contribution in [0.4, 0.5) is 0 Å². The summed E-state index contributed by atoms with van der Waals surface area (Å²) in [6.07, 6.45) is 3.49. The maximum atomic E-state index is 12.5. The number of nitrogens with one attached hydrogen (secondary N) is 1. The molecule has 0 bridgehead atoms. The van der Waals surface area contributed by atoms with Gasteiger partial charge in [-0.05, 0) is 66.4 Å². The largest absolute Gasteiger partial charge is 0.493 e. The molecule has 0 unspecified atom stereocenters. The van der Waals surface area contributed by atoms with Gasteiger partial charge in [-0.1, -0.05) is 30.3 Å². The van der Waals surface area contributed by atoms with Gasteiger partial charge in [0.2, 0.25) is 0 Å². The molecule has 0 radical (unpaired) electrons. The van der Waals surface area contributed by atoms with Crippen molar-refractivity contribution >= 4 is 28.9 Å². The number of carbonyl (C=O) groups excluding carboxylic acids is 2. The third-order valence-electron chi connectivity index (χ3n) is 6.23. The van der Waals surface area contributed by atoms with Crippen molar-refractivity contribution in [2.45, 2.75) is 20.0 Å². The molecule has 0 aliphatic rings. The van der Waals surface area contributed by atoms with Crippen molar-refractivity contribution in [1.82, 2.24) is 5.32 Å². The van der Waals surface area contributed by atoms with Gasteiger partial charge in [-0.25, -0.2) is 9.59 Å². The fourth-order valence-electron chi connectivity index (χ4n) is 3.98. The lowest BCUT2D eigenvalue weighted by molar-refractivity contribution is -0.128. The molecule has 0 fully saturated rings. The van der Waals surface area contributed by atoms with Gasteiger partial charge in [0.05, 0.1) is 7.11 Å². The Labute approximate surface area is 237 Å². The Kier molecular flexibility index (Phi) is 9.90. The molecule has 9 nitrogen and oxygen atoms in total. The highest BCUT2D eigenvalue weighted by molar-refractivity contribution is 5.97. The molecule has 0 aliphatic heterocycles. The lowest BCUT2D eigenvalue weighted by atomic mass is 10.1. The standard InChI is InChI=1S/C32H31NO8/c1-21-7-4-5-8-24(21)20-39-27-13-9-22(17-29(27)38-3)10-14-30(34)40-25-12-11-23-18-26(32(36)41-28(23)19-25)31(35)33-15-6-16-37-2/h4-5,7-14,17-19H,6,15-16,20H2,1-3H3,(H,33,35)/b14-10+. The average molecular weight is 558 g/mol. The van der Waals surface area contributed by atoms with E-state index in [-0.39, 0.29) is 16.9 Å². The number of aryl methyl sites for hydroxylation is 1. The number of ether oxygens (including phenoxy) is 4. The van der Waals surface area contributed by atoms with Gasteiger partial charge in [0.1, 0.15) is 23.5 Å². The van der Waals surface area contributed by atoms with Gasteiger partial charge < -0.3 is 28.7 Å². The van der Waals surface area contributed by atoms with E-state index in [1.165, 1.54) is 18.2 Å². The molecule has 1 N–H and O–H groups in total. The van der Waals surface area contributed by atoms with E-state index in [9.17, 15) is 14.4 Å². The fourth-order valence-corrected chi connectivity index (χ4v) is 3.98. The highest BCUT2D eigenvalue weighted by atomic mass is 16.5. The van der Waals surface area contributed by atoms with Crippen molar-refractivity contribution in [2.75, 3.05) is 27.4 Å². The first-order valence-electron chi connectivity index (χ1n) is 13.0. The third-order valence-corrected chi connectivity index (χ3v) is 6.23. The average Bonchev–Trinajstić information content (AvgIpc) is 2.97. The molecular formula is C32H31NO8. The predicted octanol–water partition coefficient (Wildman–Crippen LogP) is 5.07. The van der Waals surface area contributed by atoms with E-state index in [4.69, 9.17) is 23.4 Å². The first kappa shape index (κ1) is 29.1. The minimum Gasteiger partial charge on any atom is -0.493 e. The fraction of sp³-hybridized carbons (Fsp3) is 0.219. The number of esters is 1. The lowest BCUT2D eigenvalue weighted by Crippen LogP contribution is -2.29. The number of carbonyl (C=O) groups is 2. The Balaban J connectivity index is 1.39. The van der Waals surface area contributed by atoms with Gasteiger partial charge in [0.15, 0.2) is 11.5 Å². The Morgan fingerprint density at radius 2 is 1.80 bits per heavy atom. The zero-order valence-electron chi connectivity index (χ0n) is 23.1. The normalized spacial score (nSPS) is 11.0. The number of rotatable bonds is 12. The van der Waals surface area contributed by atoms with Crippen LogP contribution in [-0.4, -0.2) is 39.2 Å². The highest BCUT2D eigenvalue weighted by Gasteiger charge is 2.14. The topological polar surface area (TPSA) is 113 Å². The van der Waals surface area contributed by atoms with Crippen LogP contribution >= 0.6 is 0 Å². The minimum atomic E-state index is -0.787. The zero-order valence-corrected chi connectivity index (χ0v) is 23.1. The van der Waals surface area contributed by atoms with E-state index in [2.05, 4.69) is 5.32 Å². The first-order chi connectivity index (χ1) is 19.9. The van der Waals surface area contributed by atoms with Crippen LogP contribution in [0.15, 0.2) is 82.0 Å². The van der Waals surface area contributed by atoms with Crippen molar-refractivity contribution in [2.24, 2.45) is 0 Å². The molecule has 9 heteroatoms. The van der Waals surface area contributed by atoms with E-state index in [1.807, 2.05) is 31.2 Å². The molecule has 4 rings (SSSR count). The molecule has 0 saturated heterocycles. The van der Waals surface area contributed by atoms with Gasteiger partial charge in [-0.15, -0.1) is 0 Å². The molecule has 212 valence electrons. The smallest absolute Gasteiger partial charge is 0.349 e. The number of hydrogen-bond donors (Lipinski definition) is 1. The Morgan fingerprint density at radius 1 is 0.976 bits per heavy atom. The van der Waals surface area contributed by atoms with Gasteiger partial charge in [0, 0.05) is 37.8 Å². The van der Waals surface area contributed by atoms with Gasteiger partial charge in [-0.3, -0.25) is 4.79 Å². The molecule has 0 atom stereocenters. The molecule has 1 amide bonds. The van der Waals surface area contributed by atoms with Crippen LogP contribution in [0.3, 0.4) is 0 Å². The maximum Gasteiger partial charge on any atom is 0.349 e. The number of amides is 1. The second-order valence-electron chi connectivity index (χ2n) is 9.13. The van der Waals surface area contributed by atoms with Crippen molar-refractivity contribution < 1.29 is 33.0 Å². The Morgan fingerprint density at radius 3 is 2.59 bits per heavy atom.